The second-order valence-electron chi connectivity index (χ2n) is 5.03. The molecule has 0 bridgehead atoms. The maximum atomic E-state index is 8.98. The first-order valence-electron chi connectivity index (χ1n) is 6.68. The van der Waals surface area contributed by atoms with Crippen molar-refractivity contribution in [2.45, 2.75) is 25.0 Å². The van der Waals surface area contributed by atoms with E-state index in [4.69, 9.17) is 10.00 Å². The molecule has 0 spiro atoms. The van der Waals surface area contributed by atoms with Crippen molar-refractivity contribution in [3.05, 3.63) is 17.8 Å². The van der Waals surface area contributed by atoms with Gasteiger partial charge in [0.2, 0.25) is 0 Å². The van der Waals surface area contributed by atoms with Crippen molar-refractivity contribution >= 4 is 5.82 Å². The van der Waals surface area contributed by atoms with Crippen LogP contribution in [0.15, 0.2) is 12.3 Å². The van der Waals surface area contributed by atoms with Gasteiger partial charge in [-0.15, -0.1) is 5.10 Å². The highest BCUT2D eigenvalue weighted by Crippen LogP contribution is 2.22. The first-order valence-corrected chi connectivity index (χ1v) is 6.68. The van der Waals surface area contributed by atoms with Gasteiger partial charge in [-0.2, -0.15) is 10.4 Å². The quantitative estimate of drug-likeness (QED) is 0.858. The number of ether oxygens (including phenoxy) is 1. The lowest BCUT2D eigenvalue weighted by Gasteiger charge is -2.35. The molecule has 0 saturated carbocycles. The van der Waals surface area contributed by atoms with Crippen molar-refractivity contribution in [3.8, 4) is 6.07 Å². The van der Waals surface area contributed by atoms with Gasteiger partial charge < -0.3 is 10.1 Å². The molecule has 6 nitrogen and oxygen atoms in total. The number of hydrogen-bond donors (Lipinski definition) is 1. The van der Waals surface area contributed by atoms with E-state index in [0.717, 1.165) is 13.2 Å². The summed E-state index contributed by atoms with van der Waals surface area (Å²) in [6.45, 7) is 3.62. The third kappa shape index (κ3) is 2.67. The number of aromatic nitrogens is 2. The van der Waals surface area contributed by atoms with Crippen LogP contribution < -0.4 is 5.32 Å². The zero-order chi connectivity index (χ0) is 13.1. The number of nitrogens with one attached hydrogen (secondary N) is 1. The fraction of sp³-hybridized carbons (Fsp3) is 0.615. The predicted molar refractivity (Wildman–Crippen MR) is 69.6 cm³/mol. The molecular weight excluding hydrogens is 242 g/mol. The summed E-state index contributed by atoms with van der Waals surface area (Å²) >= 11 is 0. The minimum Gasteiger partial charge on any atom is -0.373 e. The molecule has 2 aliphatic rings. The molecule has 100 valence electrons. The van der Waals surface area contributed by atoms with Gasteiger partial charge in [-0.25, -0.2) is 0 Å². The van der Waals surface area contributed by atoms with Gasteiger partial charge in [0, 0.05) is 19.1 Å². The van der Waals surface area contributed by atoms with E-state index in [9.17, 15) is 0 Å². The molecule has 2 fully saturated rings. The molecule has 2 aliphatic heterocycles. The zero-order valence-electron chi connectivity index (χ0n) is 10.7. The number of fused-ring (bicyclic) bond motifs is 1. The summed E-state index contributed by atoms with van der Waals surface area (Å²) in [6, 6.07) is 4.38. The Labute approximate surface area is 112 Å². The van der Waals surface area contributed by atoms with Crippen LogP contribution in [0.1, 0.15) is 18.4 Å². The second kappa shape index (κ2) is 5.51. The van der Waals surface area contributed by atoms with Crippen LogP contribution in [-0.2, 0) is 4.74 Å². The molecule has 3 heterocycles. The second-order valence-corrected chi connectivity index (χ2v) is 5.03. The average molecular weight is 259 g/mol. The van der Waals surface area contributed by atoms with Gasteiger partial charge >= 0.3 is 0 Å². The Hall–Kier alpha value is -1.71. The standard InChI is InChI=1S/C13H17N5O/c14-6-10-3-4-16-17-13(10)15-7-12-8-18-5-1-2-11(18)9-19-12/h3-4,11-12H,1-2,5,7-9H2,(H,15,17). The van der Waals surface area contributed by atoms with Crippen LogP contribution in [0, 0.1) is 11.3 Å². The van der Waals surface area contributed by atoms with E-state index in [0.29, 0.717) is 24.0 Å². The SMILES string of the molecule is N#Cc1ccnnc1NCC1CN2CCCC2CO1. The van der Waals surface area contributed by atoms with Crippen LogP contribution in [-0.4, -0.2) is 53.5 Å². The minimum absolute atomic E-state index is 0.155. The monoisotopic (exact) mass is 259 g/mol. The molecule has 1 N–H and O–H groups in total. The number of morpholine rings is 1. The predicted octanol–water partition coefficient (Wildman–Crippen LogP) is 0.623. The van der Waals surface area contributed by atoms with Gasteiger partial charge in [0.25, 0.3) is 0 Å². The van der Waals surface area contributed by atoms with Crippen LogP contribution in [0.3, 0.4) is 0 Å². The Morgan fingerprint density at radius 1 is 1.58 bits per heavy atom. The topological polar surface area (TPSA) is 74.1 Å². The van der Waals surface area contributed by atoms with Crippen molar-refractivity contribution in [1.82, 2.24) is 15.1 Å². The van der Waals surface area contributed by atoms with Crippen molar-refractivity contribution in [2.75, 3.05) is 31.6 Å². The molecule has 1 aromatic heterocycles. The Bertz CT molecular complexity index is 486. The third-order valence-electron chi connectivity index (χ3n) is 3.80. The third-order valence-corrected chi connectivity index (χ3v) is 3.80. The van der Waals surface area contributed by atoms with Crippen LogP contribution in [0.5, 0.6) is 0 Å². The molecule has 2 atom stereocenters. The molecule has 2 saturated heterocycles. The fourth-order valence-corrected chi connectivity index (χ4v) is 2.77. The molecule has 2 unspecified atom stereocenters. The van der Waals surface area contributed by atoms with Crippen molar-refractivity contribution in [1.29, 1.82) is 5.26 Å². The Balaban J connectivity index is 1.56. The Morgan fingerprint density at radius 2 is 2.53 bits per heavy atom. The lowest BCUT2D eigenvalue weighted by molar-refractivity contribution is -0.0416. The summed E-state index contributed by atoms with van der Waals surface area (Å²) in [5.74, 6) is 0.539. The number of hydrogen-bond acceptors (Lipinski definition) is 6. The van der Waals surface area contributed by atoms with Crippen molar-refractivity contribution in [3.63, 3.8) is 0 Å². The lowest BCUT2D eigenvalue weighted by Crippen LogP contribution is -2.48. The van der Waals surface area contributed by atoms with E-state index in [2.05, 4.69) is 26.5 Å². The maximum absolute atomic E-state index is 8.98. The van der Waals surface area contributed by atoms with E-state index in [1.54, 1.807) is 6.07 Å². The normalized spacial score (nSPS) is 26.7. The van der Waals surface area contributed by atoms with E-state index >= 15 is 0 Å². The van der Waals surface area contributed by atoms with Gasteiger partial charge in [0.1, 0.15) is 6.07 Å². The highest BCUT2D eigenvalue weighted by Gasteiger charge is 2.32. The summed E-state index contributed by atoms with van der Waals surface area (Å²) < 4.78 is 5.85. The lowest BCUT2D eigenvalue weighted by atomic mass is 10.2. The van der Waals surface area contributed by atoms with Gasteiger partial charge in [-0.3, -0.25) is 4.90 Å². The largest absolute Gasteiger partial charge is 0.373 e. The molecule has 0 aromatic carbocycles. The minimum atomic E-state index is 0.155. The summed E-state index contributed by atoms with van der Waals surface area (Å²) in [5, 5.41) is 19.9. The molecule has 0 aliphatic carbocycles. The van der Waals surface area contributed by atoms with Gasteiger partial charge in [0.15, 0.2) is 5.82 Å². The first kappa shape index (κ1) is 12.3. The number of nitriles is 1. The molecule has 3 rings (SSSR count). The highest BCUT2D eigenvalue weighted by molar-refractivity contribution is 5.50. The fourth-order valence-electron chi connectivity index (χ4n) is 2.77. The molecule has 1 aromatic rings. The molecule has 0 amide bonds. The zero-order valence-corrected chi connectivity index (χ0v) is 10.7. The molecule has 6 heteroatoms. The summed E-state index contributed by atoms with van der Waals surface area (Å²) in [5.41, 5.74) is 0.518. The average Bonchev–Trinajstić information content (AvgIpc) is 2.93. The van der Waals surface area contributed by atoms with Crippen LogP contribution >= 0.6 is 0 Å². The number of anilines is 1. The van der Waals surface area contributed by atoms with Crippen molar-refractivity contribution in [2.24, 2.45) is 0 Å². The van der Waals surface area contributed by atoms with Gasteiger partial charge in [-0.1, -0.05) is 0 Å². The number of rotatable bonds is 3. The number of nitrogens with zero attached hydrogens (tertiary/aromatic N) is 4. The summed E-state index contributed by atoms with van der Waals surface area (Å²) in [7, 11) is 0. The van der Waals surface area contributed by atoms with E-state index in [1.165, 1.54) is 25.6 Å². The first-order chi connectivity index (χ1) is 9.36. The van der Waals surface area contributed by atoms with Crippen LogP contribution in [0.25, 0.3) is 0 Å². The molecular formula is C13H17N5O. The maximum Gasteiger partial charge on any atom is 0.166 e. The van der Waals surface area contributed by atoms with Gasteiger partial charge in [-0.05, 0) is 25.5 Å². The highest BCUT2D eigenvalue weighted by atomic mass is 16.5. The molecule has 0 radical (unpaired) electrons. The smallest absolute Gasteiger partial charge is 0.166 e. The van der Waals surface area contributed by atoms with E-state index < -0.39 is 0 Å². The van der Waals surface area contributed by atoms with E-state index in [-0.39, 0.29) is 6.10 Å². The Kier molecular flexibility index (Phi) is 3.58. The van der Waals surface area contributed by atoms with Crippen LogP contribution in [0.4, 0.5) is 5.82 Å². The summed E-state index contributed by atoms with van der Waals surface area (Å²) in [4.78, 5) is 2.50. The van der Waals surface area contributed by atoms with Gasteiger partial charge in [0.05, 0.1) is 24.5 Å². The summed E-state index contributed by atoms with van der Waals surface area (Å²) in [6.07, 6.45) is 4.21. The van der Waals surface area contributed by atoms with E-state index in [1.807, 2.05) is 0 Å². The van der Waals surface area contributed by atoms with Crippen LogP contribution in [0.2, 0.25) is 0 Å². The molecule has 19 heavy (non-hydrogen) atoms. The Morgan fingerprint density at radius 3 is 3.42 bits per heavy atom. The van der Waals surface area contributed by atoms with Crippen molar-refractivity contribution < 1.29 is 4.74 Å².